The molecule has 1 aromatic carbocycles. The lowest BCUT2D eigenvalue weighted by Gasteiger charge is -2.43. The highest BCUT2D eigenvalue weighted by atomic mass is 16.3. The van der Waals surface area contributed by atoms with Crippen LogP contribution < -0.4 is 16.4 Å². The van der Waals surface area contributed by atoms with Crippen molar-refractivity contribution in [2.75, 3.05) is 29.5 Å². The van der Waals surface area contributed by atoms with Crippen LogP contribution in [-0.2, 0) is 0 Å². The molecule has 0 amide bonds. The van der Waals surface area contributed by atoms with Gasteiger partial charge in [-0.25, -0.2) is 0 Å². The smallest absolute Gasteiger partial charge is 0.0624 e. The molecule has 0 radical (unpaired) electrons. The molecule has 0 saturated carbocycles. The van der Waals surface area contributed by atoms with Crippen LogP contribution >= 0.6 is 0 Å². The third-order valence-corrected chi connectivity index (χ3v) is 3.61. The van der Waals surface area contributed by atoms with Crippen LogP contribution in [0.3, 0.4) is 0 Å². The fraction of sp³-hybridized carbons (Fsp3) is 0.538. The zero-order valence-corrected chi connectivity index (χ0v) is 10.5. The third kappa shape index (κ3) is 2.31. The number of aliphatic hydroxyl groups excluding tert-OH is 1. The number of benzene rings is 1. The van der Waals surface area contributed by atoms with Crippen LogP contribution in [0.5, 0.6) is 0 Å². The van der Waals surface area contributed by atoms with Crippen LogP contribution in [0.4, 0.5) is 17.1 Å². The lowest BCUT2D eigenvalue weighted by molar-refractivity contribution is 0.0336. The van der Waals surface area contributed by atoms with Crippen molar-refractivity contribution in [3.63, 3.8) is 0 Å². The van der Waals surface area contributed by atoms with Gasteiger partial charge in [0.15, 0.2) is 0 Å². The van der Waals surface area contributed by atoms with E-state index in [1.165, 1.54) is 0 Å². The fourth-order valence-electron chi connectivity index (χ4n) is 2.32. The number of nitrogens with two attached hydrogens (primary N) is 2. The second-order valence-corrected chi connectivity index (χ2v) is 5.53. The monoisotopic (exact) mass is 235 g/mol. The van der Waals surface area contributed by atoms with Crippen molar-refractivity contribution in [3.8, 4) is 0 Å². The zero-order chi connectivity index (χ0) is 12.6. The molecule has 1 atom stereocenters. The fourth-order valence-corrected chi connectivity index (χ4v) is 2.32. The number of hydrogen-bond donors (Lipinski definition) is 3. The molecule has 5 N–H and O–H groups in total. The van der Waals surface area contributed by atoms with E-state index < -0.39 is 0 Å². The summed E-state index contributed by atoms with van der Waals surface area (Å²) >= 11 is 0. The molecule has 1 unspecified atom stereocenters. The van der Waals surface area contributed by atoms with Gasteiger partial charge in [-0.1, -0.05) is 13.8 Å². The molecule has 1 aliphatic heterocycles. The van der Waals surface area contributed by atoms with Crippen molar-refractivity contribution in [3.05, 3.63) is 18.2 Å². The number of hydrogen-bond acceptors (Lipinski definition) is 4. The summed E-state index contributed by atoms with van der Waals surface area (Å²) in [6.45, 7) is 5.86. The molecule has 0 aliphatic carbocycles. The van der Waals surface area contributed by atoms with E-state index in [1.54, 1.807) is 0 Å². The molecule has 1 fully saturated rings. The first-order valence-corrected chi connectivity index (χ1v) is 5.98. The number of nitrogen functional groups attached to an aromatic ring is 2. The Morgan fingerprint density at radius 2 is 2.00 bits per heavy atom. The second kappa shape index (κ2) is 4.11. The third-order valence-electron chi connectivity index (χ3n) is 3.61. The number of anilines is 3. The number of aliphatic hydroxyl groups is 1. The molecule has 4 nitrogen and oxygen atoms in total. The van der Waals surface area contributed by atoms with E-state index in [1.807, 2.05) is 18.2 Å². The quantitative estimate of drug-likeness (QED) is 0.644. The van der Waals surface area contributed by atoms with Crippen LogP contribution in [0.2, 0.25) is 0 Å². The standard InChI is InChI=1S/C13H21N3O/c1-13(2)8-16(6-5-12(13)17)9-3-4-10(14)11(15)7-9/h3-4,7,12,17H,5-6,8,14-15H2,1-2H3. The molecular weight excluding hydrogens is 214 g/mol. The Morgan fingerprint density at radius 3 is 2.59 bits per heavy atom. The van der Waals surface area contributed by atoms with E-state index in [0.717, 1.165) is 25.2 Å². The molecule has 1 saturated heterocycles. The normalized spacial score (nSPS) is 23.7. The lowest BCUT2D eigenvalue weighted by Crippen LogP contribution is -2.48. The number of rotatable bonds is 1. The molecule has 1 heterocycles. The molecule has 1 aliphatic rings. The van der Waals surface area contributed by atoms with E-state index >= 15 is 0 Å². The summed E-state index contributed by atoms with van der Waals surface area (Å²) in [5.74, 6) is 0. The molecule has 1 aromatic rings. The Labute approximate surface area is 102 Å². The van der Waals surface area contributed by atoms with Gasteiger partial charge in [0.25, 0.3) is 0 Å². The first-order valence-electron chi connectivity index (χ1n) is 5.98. The summed E-state index contributed by atoms with van der Waals surface area (Å²) in [6.07, 6.45) is 0.557. The highest BCUT2D eigenvalue weighted by molar-refractivity contribution is 5.70. The minimum absolute atomic E-state index is 0.0889. The number of nitrogens with zero attached hydrogens (tertiary/aromatic N) is 1. The van der Waals surface area contributed by atoms with Crippen molar-refractivity contribution in [1.82, 2.24) is 0 Å². The van der Waals surface area contributed by atoms with E-state index in [4.69, 9.17) is 11.5 Å². The van der Waals surface area contributed by atoms with E-state index in [2.05, 4.69) is 18.7 Å². The maximum Gasteiger partial charge on any atom is 0.0624 e. The zero-order valence-electron chi connectivity index (χ0n) is 10.5. The summed E-state index contributed by atoms with van der Waals surface area (Å²) in [5, 5.41) is 9.93. The Morgan fingerprint density at radius 1 is 1.29 bits per heavy atom. The predicted octanol–water partition coefficient (Wildman–Crippen LogP) is 1.45. The Balaban J connectivity index is 2.21. The van der Waals surface area contributed by atoms with Gasteiger partial charge < -0.3 is 21.5 Å². The number of piperidine rings is 1. The highest BCUT2D eigenvalue weighted by Gasteiger charge is 2.34. The van der Waals surface area contributed by atoms with Crippen molar-refractivity contribution in [1.29, 1.82) is 0 Å². The van der Waals surface area contributed by atoms with E-state index in [0.29, 0.717) is 11.4 Å². The lowest BCUT2D eigenvalue weighted by atomic mass is 9.81. The summed E-state index contributed by atoms with van der Waals surface area (Å²) in [4.78, 5) is 2.25. The van der Waals surface area contributed by atoms with Crippen LogP contribution in [-0.4, -0.2) is 24.3 Å². The molecule has 0 bridgehead atoms. The first kappa shape index (κ1) is 12.0. The molecular formula is C13H21N3O. The Kier molecular flexibility index (Phi) is 2.91. The highest BCUT2D eigenvalue weighted by Crippen LogP contribution is 2.33. The van der Waals surface area contributed by atoms with Crippen LogP contribution in [0, 0.1) is 5.41 Å². The second-order valence-electron chi connectivity index (χ2n) is 5.53. The van der Waals surface area contributed by atoms with E-state index in [-0.39, 0.29) is 11.5 Å². The molecule has 17 heavy (non-hydrogen) atoms. The van der Waals surface area contributed by atoms with Gasteiger partial charge in [-0.05, 0) is 24.6 Å². The SMILES string of the molecule is CC1(C)CN(c2ccc(N)c(N)c2)CCC1O. The minimum Gasteiger partial charge on any atom is -0.397 e. The molecule has 2 rings (SSSR count). The van der Waals surface area contributed by atoms with Gasteiger partial charge in [0, 0.05) is 24.2 Å². The summed E-state index contributed by atoms with van der Waals surface area (Å²) < 4.78 is 0. The van der Waals surface area contributed by atoms with Crippen molar-refractivity contribution in [2.24, 2.45) is 5.41 Å². The van der Waals surface area contributed by atoms with Crippen LogP contribution in [0.15, 0.2) is 18.2 Å². The molecule has 0 aromatic heterocycles. The van der Waals surface area contributed by atoms with E-state index in [9.17, 15) is 5.11 Å². The van der Waals surface area contributed by atoms with Gasteiger partial charge in [-0.15, -0.1) is 0 Å². The van der Waals surface area contributed by atoms with Crippen LogP contribution in [0.25, 0.3) is 0 Å². The van der Waals surface area contributed by atoms with Gasteiger partial charge in [-0.2, -0.15) is 0 Å². The average Bonchev–Trinajstić information content (AvgIpc) is 2.26. The maximum absolute atomic E-state index is 9.93. The predicted molar refractivity (Wildman–Crippen MR) is 71.9 cm³/mol. The van der Waals surface area contributed by atoms with Gasteiger partial charge >= 0.3 is 0 Å². The van der Waals surface area contributed by atoms with Crippen molar-refractivity contribution < 1.29 is 5.11 Å². The molecule has 94 valence electrons. The molecule has 4 heteroatoms. The van der Waals surface area contributed by atoms with Crippen molar-refractivity contribution in [2.45, 2.75) is 26.4 Å². The average molecular weight is 235 g/mol. The van der Waals surface area contributed by atoms with Gasteiger partial charge in [-0.3, -0.25) is 0 Å². The van der Waals surface area contributed by atoms with Crippen LogP contribution in [0.1, 0.15) is 20.3 Å². The summed E-state index contributed by atoms with van der Waals surface area (Å²) in [5.41, 5.74) is 13.8. The van der Waals surface area contributed by atoms with Crippen molar-refractivity contribution >= 4 is 17.1 Å². The Bertz CT molecular complexity index is 417. The minimum atomic E-state index is -0.232. The molecule has 0 spiro atoms. The van der Waals surface area contributed by atoms with Gasteiger partial charge in [0.1, 0.15) is 0 Å². The topological polar surface area (TPSA) is 75.5 Å². The van der Waals surface area contributed by atoms with Gasteiger partial charge in [0.2, 0.25) is 0 Å². The summed E-state index contributed by atoms with van der Waals surface area (Å²) in [7, 11) is 0. The van der Waals surface area contributed by atoms with Gasteiger partial charge in [0.05, 0.1) is 17.5 Å². The maximum atomic E-state index is 9.93. The first-order chi connectivity index (χ1) is 7.90. The Hall–Kier alpha value is -1.42. The largest absolute Gasteiger partial charge is 0.397 e. The summed E-state index contributed by atoms with van der Waals surface area (Å²) in [6, 6.07) is 5.73.